The lowest BCUT2D eigenvalue weighted by molar-refractivity contribution is 0.108. The van der Waals surface area contributed by atoms with Gasteiger partial charge in [-0.25, -0.2) is 9.59 Å². The number of hydrogen-bond acceptors (Lipinski definition) is 4. The van der Waals surface area contributed by atoms with Crippen LogP contribution in [0.3, 0.4) is 0 Å². The van der Waals surface area contributed by atoms with Crippen molar-refractivity contribution in [3.05, 3.63) is 0 Å². The first kappa shape index (κ1) is 16.9. The molecule has 0 aromatic heterocycles. The van der Waals surface area contributed by atoms with Crippen molar-refractivity contribution in [3.63, 3.8) is 0 Å². The highest BCUT2D eigenvalue weighted by Crippen LogP contribution is 2.13. The van der Waals surface area contributed by atoms with Crippen LogP contribution in [0.1, 0.15) is 33.1 Å². The van der Waals surface area contributed by atoms with Crippen LogP contribution in [0, 0.1) is 0 Å². The van der Waals surface area contributed by atoms with Crippen LogP contribution in [0.2, 0.25) is 0 Å². The third-order valence-corrected chi connectivity index (χ3v) is 4.47. The Kier molecular flexibility index (Phi) is 5.88. The number of likely N-dealkylation sites (tertiary alicyclic amines) is 2. The zero-order chi connectivity index (χ0) is 16.1. The molecule has 2 aliphatic rings. The standard InChI is InChI=1S/C15H28N4O3/c1-11(2)18-8-6-13(9-18)17-14(20)16-12-5-4-7-19(10-12)15(21)22-3/h11-13H,4-10H2,1-3H3,(H2,16,17,20). The first-order valence-corrected chi connectivity index (χ1v) is 8.13. The van der Waals surface area contributed by atoms with Crippen LogP contribution in [-0.4, -0.2) is 73.3 Å². The van der Waals surface area contributed by atoms with E-state index in [0.29, 0.717) is 19.1 Å². The Hall–Kier alpha value is -1.50. The van der Waals surface area contributed by atoms with E-state index >= 15 is 0 Å². The molecule has 2 rings (SSSR count). The number of nitrogens with zero attached hydrogens (tertiary/aromatic N) is 2. The average molecular weight is 312 g/mol. The fourth-order valence-corrected chi connectivity index (χ4v) is 3.18. The lowest BCUT2D eigenvalue weighted by Crippen LogP contribution is -2.53. The summed E-state index contributed by atoms with van der Waals surface area (Å²) in [5, 5.41) is 6.02. The molecule has 0 saturated carbocycles. The molecule has 0 radical (unpaired) electrons. The van der Waals surface area contributed by atoms with Crippen molar-refractivity contribution < 1.29 is 14.3 Å². The monoisotopic (exact) mass is 312 g/mol. The van der Waals surface area contributed by atoms with Crippen LogP contribution < -0.4 is 10.6 Å². The Morgan fingerprint density at radius 1 is 1.09 bits per heavy atom. The van der Waals surface area contributed by atoms with Gasteiger partial charge in [0.05, 0.1) is 7.11 Å². The van der Waals surface area contributed by atoms with Gasteiger partial charge in [-0.15, -0.1) is 0 Å². The van der Waals surface area contributed by atoms with Crippen molar-refractivity contribution in [3.8, 4) is 0 Å². The SMILES string of the molecule is COC(=O)N1CCCC(NC(=O)NC2CCN(C(C)C)C2)C1. The molecule has 0 spiro atoms. The van der Waals surface area contributed by atoms with Gasteiger partial charge in [-0.1, -0.05) is 0 Å². The maximum Gasteiger partial charge on any atom is 0.409 e. The van der Waals surface area contributed by atoms with E-state index in [0.717, 1.165) is 32.4 Å². The second kappa shape index (κ2) is 7.67. The molecule has 2 N–H and O–H groups in total. The quantitative estimate of drug-likeness (QED) is 0.815. The highest BCUT2D eigenvalue weighted by atomic mass is 16.5. The van der Waals surface area contributed by atoms with Crippen molar-refractivity contribution in [2.75, 3.05) is 33.3 Å². The molecule has 22 heavy (non-hydrogen) atoms. The largest absolute Gasteiger partial charge is 0.453 e. The number of ether oxygens (including phenoxy) is 1. The van der Waals surface area contributed by atoms with Crippen LogP contribution in [0.5, 0.6) is 0 Å². The zero-order valence-electron chi connectivity index (χ0n) is 13.8. The van der Waals surface area contributed by atoms with Gasteiger partial charge in [0.25, 0.3) is 0 Å². The molecule has 0 bridgehead atoms. The number of carbonyl (C=O) groups excluding carboxylic acids is 2. The van der Waals surface area contributed by atoms with Crippen molar-refractivity contribution in [2.45, 2.75) is 51.2 Å². The number of hydrogen-bond donors (Lipinski definition) is 2. The van der Waals surface area contributed by atoms with Gasteiger partial charge in [0.2, 0.25) is 0 Å². The Bertz CT molecular complexity index is 402. The summed E-state index contributed by atoms with van der Waals surface area (Å²) in [6.45, 7) is 7.49. The molecule has 7 nitrogen and oxygen atoms in total. The summed E-state index contributed by atoms with van der Waals surface area (Å²) in [7, 11) is 1.38. The summed E-state index contributed by atoms with van der Waals surface area (Å²) in [6, 6.07) is 0.590. The molecule has 7 heteroatoms. The summed E-state index contributed by atoms with van der Waals surface area (Å²) in [4.78, 5) is 27.7. The summed E-state index contributed by atoms with van der Waals surface area (Å²) >= 11 is 0. The Balaban J connectivity index is 1.74. The molecule has 2 heterocycles. The van der Waals surface area contributed by atoms with E-state index in [1.54, 1.807) is 4.90 Å². The van der Waals surface area contributed by atoms with Crippen LogP contribution in [0.25, 0.3) is 0 Å². The molecule has 0 aromatic rings. The number of rotatable bonds is 3. The lowest BCUT2D eigenvalue weighted by Gasteiger charge is -2.32. The summed E-state index contributed by atoms with van der Waals surface area (Å²) in [6.07, 6.45) is 2.44. The number of urea groups is 1. The Morgan fingerprint density at radius 2 is 1.77 bits per heavy atom. The fraction of sp³-hybridized carbons (Fsp3) is 0.867. The van der Waals surface area contributed by atoms with E-state index < -0.39 is 0 Å². The topological polar surface area (TPSA) is 73.9 Å². The van der Waals surface area contributed by atoms with E-state index in [-0.39, 0.29) is 24.2 Å². The zero-order valence-corrected chi connectivity index (χ0v) is 13.8. The highest BCUT2D eigenvalue weighted by Gasteiger charge is 2.28. The smallest absolute Gasteiger partial charge is 0.409 e. The second-order valence-corrected chi connectivity index (χ2v) is 6.45. The minimum atomic E-state index is -0.324. The van der Waals surface area contributed by atoms with E-state index in [4.69, 9.17) is 4.74 Å². The fourth-order valence-electron chi connectivity index (χ4n) is 3.18. The molecular formula is C15H28N4O3. The van der Waals surface area contributed by atoms with Gasteiger partial charge in [0.15, 0.2) is 0 Å². The van der Waals surface area contributed by atoms with Gasteiger partial charge in [-0.3, -0.25) is 4.90 Å². The minimum absolute atomic E-state index is 0.00421. The third-order valence-electron chi connectivity index (χ3n) is 4.47. The highest BCUT2D eigenvalue weighted by molar-refractivity contribution is 5.75. The summed E-state index contributed by atoms with van der Waals surface area (Å²) in [5.41, 5.74) is 0. The minimum Gasteiger partial charge on any atom is -0.453 e. The average Bonchev–Trinajstić information content (AvgIpc) is 2.95. The molecule has 0 aromatic carbocycles. The number of piperidine rings is 1. The maximum atomic E-state index is 12.1. The van der Waals surface area contributed by atoms with Crippen LogP contribution >= 0.6 is 0 Å². The Morgan fingerprint density at radius 3 is 2.36 bits per heavy atom. The molecular weight excluding hydrogens is 284 g/mol. The van der Waals surface area contributed by atoms with Gasteiger partial charge in [-0.2, -0.15) is 0 Å². The van der Waals surface area contributed by atoms with Crippen molar-refractivity contribution in [1.29, 1.82) is 0 Å². The number of methoxy groups -OCH3 is 1. The molecule has 0 aliphatic carbocycles. The van der Waals surface area contributed by atoms with E-state index in [1.165, 1.54) is 7.11 Å². The van der Waals surface area contributed by atoms with E-state index in [9.17, 15) is 9.59 Å². The Labute approximate surface area is 132 Å². The first-order valence-electron chi connectivity index (χ1n) is 8.13. The molecule has 2 saturated heterocycles. The molecule has 2 aliphatic heterocycles. The number of nitrogens with one attached hydrogen (secondary N) is 2. The van der Waals surface area contributed by atoms with Crippen molar-refractivity contribution >= 4 is 12.1 Å². The second-order valence-electron chi connectivity index (χ2n) is 6.45. The number of amides is 3. The van der Waals surface area contributed by atoms with Crippen LogP contribution in [0.15, 0.2) is 0 Å². The van der Waals surface area contributed by atoms with Gasteiger partial charge >= 0.3 is 12.1 Å². The van der Waals surface area contributed by atoms with Gasteiger partial charge in [-0.05, 0) is 33.1 Å². The van der Waals surface area contributed by atoms with Gasteiger partial charge in [0.1, 0.15) is 0 Å². The maximum absolute atomic E-state index is 12.1. The predicted octanol–water partition coefficient (Wildman–Crippen LogP) is 0.999. The van der Waals surface area contributed by atoms with Gasteiger partial charge in [0, 0.05) is 44.3 Å². The van der Waals surface area contributed by atoms with Crippen LogP contribution in [0.4, 0.5) is 9.59 Å². The van der Waals surface area contributed by atoms with Crippen molar-refractivity contribution in [1.82, 2.24) is 20.4 Å². The van der Waals surface area contributed by atoms with Gasteiger partial charge < -0.3 is 20.3 Å². The van der Waals surface area contributed by atoms with E-state index in [2.05, 4.69) is 29.4 Å². The lowest BCUT2D eigenvalue weighted by atomic mass is 10.1. The predicted molar refractivity (Wildman–Crippen MR) is 83.8 cm³/mol. The summed E-state index contributed by atoms with van der Waals surface area (Å²) in [5.74, 6) is 0. The molecule has 126 valence electrons. The van der Waals surface area contributed by atoms with Crippen molar-refractivity contribution in [2.24, 2.45) is 0 Å². The first-order chi connectivity index (χ1) is 10.5. The molecule has 2 atom stereocenters. The van der Waals surface area contributed by atoms with Crippen LogP contribution in [-0.2, 0) is 4.74 Å². The summed E-state index contributed by atoms with van der Waals surface area (Å²) < 4.78 is 4.74. The molecule has 2 fully saturated rings. The van der Waals surface area contributed by atoms with E-state index in [1.807, 2.05) is 0 Å². The normalized spacial score (nSPS) is 26.1. The molecule has 2 unspecified atom stereocenters. The molecule has 3 amide bonds. The number of carbonyl (C=O) groups is 2. The third kappa shape index (κ3) is 4.50.